The van der Waals surface area contributed by atoms with Crippen molar-refractivity contribution in [2.24, 2.45) is 0 Å². The third-order valence-corrected chi connectivity index (χ3v) is 3.49. The molecule has 2 heterocycles. The zero-order valence-electron chi connectivity index (χ0n) is 15.7. The van der Waals surface area contributed by atoms with E-state index < -0.39 is 12.5 Å². The van der Waals surface area contributed by atoms with E-state index in [1.807, 2.05) is 6.92 Å². The highest BCUT2D eigenvalue weighted by Crippen LogP contribution is 2.15. The van der Waals surface area contributed by atoms with Crippen molar-refractivity contribution in [3.8, 4) is 5.88 Å². The predicted octanol–water partition coefficient (Wildman–Crippen LogP) is 3.18. The monoisotopic (exact) mass is 392 g/mol. The fraction of sp³-hybridized carbons (Fsp3) is 0.368. The van der Waals surface area contributed by atoms with Crippen molar-refractivity contribution in [2.45, 2.75) is 39.2 Å². The molecule has 7 nitrogen and oxygen atoms in total. The maximum Gasteiger partial charge on any atom is 0.278 e. The number of rotatable bonds is 9. The van der Waals surface area contributed by atoms with Gasteiger partial charge in [0.2, 0.25) is 11.8 Å². The third kappa shape index (κ3) is 7.26. The lowest BCUT2D eigenvalue weighted by atomic mass is 10.2. The second kappa shape index (κ2) is 9.72. The highest BCUT2D eigenvalue weighted by Gasteiger charge is 2.22. The molecular weight excluding hydrogens is 370 g/mol. The number of halogens is 2. The van der Waals surface area contributed by atoms with Crippen molar-refractivity contribution >= 4 is 17.6 Å². The Morgan fingerprint density at radius 2 is 2.00 bits per heavy atom. The topological polar surface area (TPSA) is 93.2 Å². The Kier molecular flexibility index (Phi) is 7.36. The highest BCUT2D eigenvalue weighted by molar-refractivity contribution is 5.96. The fourth-order valence-electron chi connectivity index (χ4n) is 2.16. The summed E-state index contributed by atoms with van der Waals surface area (Å²) in [6.07, 6.45) is 3.96. The molecule has 2 N–H and O–H groups in total. The Balaban J connectivity index is 1.89. The third-order valence-electron chi connectivity index (χ3n) is 3.49. The predicted molar refractivity (Wildman–Crippen MR) is 99.3 cm³/mol. The number of carbonyl (C=O) groups is 2. The van der Waals surface area contributed by atoms with Gasteiger partial charge in [-0.05, 0) is 24.1 Å². The molecule has 0 aliphatic heterocycles. The molecule has 0 bridgehead atoms. The lowest BCUT2D eigenvalue weighted by molar-refractivity contribution is -0.116. The molecular formula is C19H22F2N4O3. The van der Waals surface area contributed by atoms with Gasteiger partial charge in [0.1, 0.15) is 5.82 Å². The first-order chi connectivity index (χ1) is 13.3. The molecule has 0 saturated carbocycles. The molecule has 2 amide bonds. The molecule has 2 aromatic rings. The summed E-state index contributed by atoms with van der Waals surface area (Å²) in [4.78, 5) is 31.9. The van der Waals surface area contributed by atoms with Crippen molar-refractivity contribution in [3.05, 3.63) is 47.8 Å². The minimum Gasteiger partial charge on any atom is -0.471 e. The van der Waals surface area contributed by atoms with Gasteiger partial charge < -0.3 is 15.4 Å². The fourth-order valence-corrected chi connectivity index (χ4v) is 2.16. The van der Waals surface area contributed by atoms with E-state index in [0.717, 1.165) is 6.92 Å². The number of aromatic nitrogens is 2. The lowest BCUT2D eigenvalue weighted by Gasteiger charge is -2.11. The van der Waals surface area contributed by atoms with Crippen molar-refractivity contribution in [2.75, 3.05) is 11.9 Å². The van der Waals surface area contributed by atoms with Gasteiger partial charge in [-0.25, -0.2) is 18.7 Å². The summed E-state index contributed by atoms with van der Waals surface area (Å²) in [5, 5.41) is 5.35. The van der Waals surface area contributed by atoms with Gasteiger partial charge >= 0.3 is 0 Å². The lowest BCUT2D eigenvalue weighted by Crippen LogP contribution is -2.23. The number of pyridine rings is 2. The number of ether oxygens (including phenoxy) is 1. The van der Waals surface area contributed by atoms with Gasteiger partial charge in [0.25, 0.3) is 11.8 Å². The molecule has 0 radical (unpaired) electrons. The number of carbonyl (C=O) groups excluding carboxylic acids is 2. The summed E-state index contributed by atoms with van der Waals surface area (Å²) >= 11 is 0. The van der Waals surface area contributed by atoms with Crippen molar-refractivity contribution in [1.82, 2.24) is 15.3 Å². The minimum atomic E-state index is -2.94. The molecule has 9 heteroatoms. The minimum absolute atomic E-state index is 0.0817. The Hall–Kier alpha value is -3.10. The van der Waals surface area contributed by atoms with Crippen LogP contribution in [0.25, 0.3) is 0 Å². The summed E-state index contributed by atoms with van der Waals surface area (Å²) in [6, 6.07) is 6.11. The first kappa shape index (κ1) is 21.2. The van der Waals surface area contributed by atoms with Crippen LogP contribution in [0.4, 0.5) is 14.6 Å². The van der Waals surface area contributed by atoms with E-state index in [0.29, 0.717) is 29.8 Å². The first-order valence-electron chi connectivity index (χ1n) is 8.76. The van der Waals surface area contributed by atoms with Gasteiger partial charge in [-0.3, -0.25) is 9.59 Å². The molecule has 2 aromatic heterocycles. The van der Waals surface area contributed by atoms with Gasteiger partial charge in [-0.15, -0.1) is 0 Å². The summed E-state index contributed by atoms with van der Waals surface area (Å²) in [7, 11) is 0. The number of hydrogen-bond acceptors (Lipinski definition) is 5. The Labute approximate surface area is 161 Å². The van der Waals surface area contributed by atoms with E-state index in [1.54, 1.807) is 6.07 Å². The number of nitrogens with one attached hydrogen (secondary N) is 2. The van der Waals surface area contributed by atoms with Gasteiger partial charge in [-0.1, -0.05) is 13.0 Å². The van der Waals surface area contributed by atoms with E-state index >= 15 is 0 Å². The number of hydrogen-bond donors (Lipinski definition) is 2. The zero-order chi connectivity index (χ0) is 20.6. The van der Waals surface area contributed by atoms with E-state index in [9.17, 15) is 18.4 Å². The SMILES string of the molecule is CCCC(=O)Nc1cc(C(=O)NCc2ccc(OCC(C)(F)F)nc2)ccn1. The number of amides is 2. The second-order valence-electron chi connectivity index (χ2n) is 6.27. The van der Waals surface area contributed by atoms with Crippen LogP contribution in [0.3, 0.4) is 0 Å². The normalized spacial score (nSPS) is 11.0. The molecule has 0 aliphatic rings. The van der Waals surface area contributed by atoms with E-state index in [4.69, 9.17) is 4.74 Å². The van der Waals surface area contributed by atoms with Crippen LogP contribution in [0.15, 0.2) is 36.7 Å². The maximum atomic E-state index is 12.8. The van der Waals surface area contributed by atoms with Gasteiger partial charge in [0, 0.05) is 43.9 Å². The second-order valence-corrected chi connectivity index (χ2v) is 6.27. The van der Waals surface area contributed by atoms with Crippen LogP contribution in [0.5, 0.6) is 5.88 Å². The molecule has 0 unspecified atom stereocenters. The van der Waals surface area contributed by atoms with E-state index in [2.05, 4.69) is 20.6 Å². The molecule has 2 rings (SSSR count). The first-order valence-corrected chi connectivity index (χ1v) is 8.76. The van der Waals surface area contributed by atoms with Crippen molar-refractivity contribution < 1.29 is 23.1 Å². The Morgan fingerprint density at radius 1 is 1.21 bits per heavy atom. The smallest absolute Gasteiger partial charge is 0.278 e. The highest BCUT2D eigenvalue weighted by atomic mass is 19.3. The van der Waals surface area contributed by atoms with Crippen LogP contribution < -0.4 is 15.4 Å². The molecule has 0 spiro atoms. The number of anilines is 1. The molecule has 0 fully saturated rings. The Morgan fingerprint density at radius 3 is 2.64 bits per heavy atom. The maximum absolute atomic E-state index is 12.8. The van der Waals surface area contributed by atoms with Crippen LogP contribution in [0.2, 0.25) is 0 Å². The summed E-state index contributed by atoms with van der Waals surface area (Å²) in [5.74, 6) is -3.06. The molecule has 28 heavy (non-hydrogen) atoms. The van der Waals surface area contributed by atoms with Crippen LogP contribution in [-0.2, 0) is 11.3 Å². The summed E-state index contributed by atoms with van der Waals surface area (Å²) in [5.41, 5.74) is 1.02. The molecule has 0 aliphatic carbocycles. The zero-order valence-corrected chi connectivity index (χ0v) is 15.7. The Bertz CT molecular complexity index is 808. The molecule has 0 atom stereocenters. The van der Waals surface area contributed by atoms with Crippen LogP contribution in [0, 0.1) is 0 Å². The standard InChI is InChI=1S/C19H22F2N4O3/c1-3-4-16(26)25-15-9-14(7-8-22-15)18(27)24-11-13-5-6-17(23-10-13)28-12-19(2,20)21/h5-10H,3-4,11-12H2,1-2H3,(H,24,27)(H,22,25,26). The van der Waals surface area contributed by atoms with Crippen LogP contribution in [-0.4, -0.2) is 34.3 Å². The van der Waals surface area contributed by atoms with Crippen molar-refractivity contribution in [1.29, 1.82) is 0 Å². The van der Waals surface area contributed by atoms with Crippen molar-refractivity contribution in [3.63, 3.8) is 0 Å². The quantitative estimate of drug-likeness (QED) is 0.684. The van der Waals surface area contributed by atoms with Crippen LogP contribution in [0.1, 0.15) is 42.6 Å². The number of nitrogens with zero attached hydrogens (tertiary/aromatic N) is 2. The van der Waals surface area contributed by atoms with Gasteiger partial charge in [-0.2, -0.15) is 0 Å². The summed E-state index contributed by atoms with van der Waals surface area (Å²) in [6.45, 7) is 2.09. The summed E-state index contributed by atoms with van der Waals surface area (Å²) < 4.78 is 30.4. The molecule has 150 valence electrons. The van der Waals surface area contributed by atoms with Gasteiger partial charge in [0.15, 0.2) is 6.61 Å². The van der Waals surface area contributed by atoms with E-state index in [-0.39, 0.29) is 24.2 Å². The average molecular weight is 392 g/mol. The van der Waals surface area contributed by atoms with Gasteiger partial charge in [0.05, 0.1) is 0 Å². The average Bonchev–Trinajstić information content (AvgIpc) is 2.65. The van der Waals surface area contributed by atoms with E-state index in [1.165, 1.54) is 30.6 Å². The molecule has 0 saturated heterocycles. The molecule has 0 aromatic carbocycles. The largest absolute Gasteiger partial charge is 0.471 e. The van der Waals surface area contributed by atoms with Crippen LogP contribution >= 0.6 is 0 Å². The number of alkyl halides is 2.